The molecule has 0 aliphatic heterocycles. The van der Waals surface area contributed by atoms with E-state index in [2.05, 4.69) is 0 Å². The lowest BCUT2D eigenvalue weighted by Gasteiger charge is -2.11. The SMILES string of the molecule is COc1ccc([C@@H](N)CO)c(C#N)c1. The molecule has 74 valence electrons. The van der Waals surface area contributed by atoms with Crippen LogP contribution in [0.4, 0.5) is 0 Å². The van der Waals surface area contributed by atoms with E-state index >= 15 is 0 Å². The van der Waals surface area contributed by atoms with Gasteiger partial charge in [-0.1, -0.05) is 6.07 Å². The molecule has 14 heavy (non-hydrogen) atoms. The van der Waals surface area contributed by atoms with E-state index in [1.807, 2.05) is 6.07 Å². The fraction of sp³-hybridized carbons (Fsp3) is 0.300. The topological polar surface area (TPSA) is 79.3 Å². The van der Waals surface area contributed by atoms with E-state index in [-0.39, 0.29) is 6.61 Å². The van der Waals surface area contributed by atoms with Crippen molar-refractivity contribution < 1.29 is 9.84 Å². The van der Waals surface area contributed by atoms with E-state index in [9.17, 15) is 0 Å². The molecule has 0 aliphatic rings. The molecule has 0 saturated heterocycles. The Balaban J connectivity index is 3.13. The minimum Gasteiger partial charge on any atom is -0.497 e. The van der Waals surface area contributed by atoms with Crippen molar-refractivity contribution in [1.82, 2.24) is 0 Å². The number of methoxy groups -OCH3 is 1. The normalized spacial score (nSPS) is 11.9. The summed E-state index contributed by atoms with van der Waals surface area (Å²) in [6, 6.07) is 6.51. The maximum absolute atomic E-state index is 8.87. The van der Waals surface area contributed by atoms with Crippen LogP contribution in [0.5, 0.6) is 5.75 Å². The standard InChI is InChI=1S/C10H12N2O2/c1-14-8-2-3-9(10(12)6-13)7(4-8)5-11/h2-4,10,13H,6,12H2,1H3/t10-/m0/s1. The molecular formula is C10H12N2O2. The summed E-state index contributed by atoms with van der Waals surface area (Å²) in [5.74, 6) is 0.607. The van der Waals surface area contributed by atoms with E-state index in [0.29, 0.717) is 16.9 Å². The van der Waals surface area contributed by atoms with Gasteiger partial charge in [0.25, 0.3) is 0 Å². The van der Waals surface area contributed by atoms with Gasteiger partial charge in [0.1, 0.15) is 5.75 Å². The quantitative estimate of drug-likeness (QED) is 0.733. The summed E-state index contributed by atoms with van der Waals surface area (Å²) in [6.45, 7) is -0.180. The van der Waals surface area contributed by atoms with Gasteiger partial charge in [-0.05, 0) is 17.7 Å². The van der Waals surface area contributed by atoms with Crippen LogP contribution in [-0.2, 0) is 0 Å². The number of benzene rings is 1. The molecule has 1 aromatic rings. The van der Waals surface area contributed by atoms with E-state index < -0.39 is 6.04 Å². The number of ether oxygens (including phenoxy) is 1. The first-order valence-corrected chi connectivity index (χ1v) is 4.17. The monoisotopic (exact) mass is 192 g/mol. The molecular weight excluding hydrogens is 180 g/mol. The number of aliphatic hydroxyl groups excluding tert-OH is 1. The summed E-state index contributed by atoms with van der Waals surface area (Å²) in [6.07, 6.45) is 0. The number of aliphatic hydroxyl groups is 1. The van der Waals surface area contributed by atoms with Gasteiger partial charge in [0.15, 0.2) is 0 Å². The van der Waals surface area contributed by atoms with Crippen molar-refractivity contribution >= 4 is 0 Å². The van der Waals surface area contributed by atoms with Crippen molar-refractivity contribution in [3.05, 3.63) is 29.3 Å². The zero-order chi connectivity index (χ0) is 10.6. The van der Waals surface area contributed by atoms with E-state index in [0.717, 1.165) is 0 Å². The maximum atomic E-state index is 8.87. The van der Waals surface area contributed by atoms with Crippen LogP contribution in [0.15, 0.2) is 18.2 Å². The molecule has 1 atom stereocenters. The van der Waals surface area contributed by atoms with Crippen molar-refractivity contribution in [2.75, 3.05) is 13.7 Å². The van der Waals surface area contributed by atoms with Crippen LogP contribution >= 0.6 is 0 Å². The van der Waals surface area contributed by atoms with Crippen LogP contribution in [0, 0.1) is 11.3 Å². The summed E-state index contributed by atoms with van der Waals surface area (Å²) in [4.78, 5) is 0. The Kier molecular flexibility index (Phi) is 3.46. The summed E-state index contributed by atoms with van der Waals surface area (Å²) >= 11 is 0. The number of hydrogen-bond donors (Lipinski definition) is 2. The summed E-state index contributed by atoms with van der Waals surface area (Å²) in [7, 11) is 1.53. The summed E-state index contributed by atoms with van der Waals surface area (Å²) in [5, 5.41) is 17.7. The molecule has 0 bridgehead atoms. The van der Waals surface area contributed by atoms with Gasteiger partial charge >= 0.3 is 0 Å². The molecule has 0 spiro atoms. The number of nitriles is 1. The fourth-order valence-corrected chi connectivity index (χ4v) is 1.18. The Bertz CT molecular complexity index is 358. The highest BCUT2D eigenvalue weighted by Gasteiger charge is 2.10. The van der Waals surface area contributed by atoms with Crippen molar-refractivity contribution in [3.63, 3.8) is 0 Å². The molecule has 3 N–H and O–H groups in total. The highest BCUT2D eigenvalue weighted by atomic mass is 16.5. The molecule has 4 nitrogen and oxygen atoms in total. The Hall–Kier alpha value is -1.57. The number of nitrogens with zero attached hydrogens (tertiary/aromatic N) is 1. The van der Waals surface area contributed by atoms with Crippen molar-refractivity contribution in [2.24, 2.45) is 5.73 Å². The lowest BCUT2D eigenvalue weighted by Crippen LogP contribution is -2.15. The van der Waals surface area contributed by atoms with Gasteiger partial charge in [0, 0.05) is 0 Å². The zero-order valence-electron chi connectivity index (χ0n) is 7.90. The van der Waals surface area contributed by atoms with E-state index in [1.54, 1.807) is 18.2 Å². The van der Waals surface area contributed by atoms with Gasteiger partial charge in [0.2, 0.25) is 0 Å². The van der Waals surface area contributed by atoms with Crippen LogP contribution in [0.25, 0.3) is 0 Å². The molecule has 1 rings (SSSR count). The minimum atomic E-state index is -0.518. The third-order valence-electron chi connectivity index (χ3n) is 1.98. The Morgan fingerprint density at radius 3 is 2.86 bits per heavy atom. The molecule has 0 fully saturated rings. The van der Waals surface area contributed by atoms with Gasteiger partial charge in [-0.15, -0.1) is 0 Å². The first kappa shape index (κ1) is 10.5. The van der Waals surface area contributed by atoms with Crippen molar-refractivity contribution in [3.8, 4) is 11.8 Å². The fourth-order valence-electron chi connectivity index (χ4n) is 1.18. The molecule has 4 heteroatoms. The predicted octanol–water partition coefficient (Wildman–Crippen LogP) is 0.559. The van der Waals surface area contributed by atoms with Gasteiger partial charge in [-0.2, -0.15) is 5.26 Å². The average Bonchev–Trinajstić information content (AvgIpc) is 2.27. The van der Waals surface area contributed by atoms with Gasteiger partial charge < -0.3 is 15.6 Å². The maximum Gasteiger partial charge on any atom is 0.120 e. The highest BCUT2D eigenvalue weighted by Crippen LogP contribution is 2.20. The summed E-state index contributed by atoms with van der Waals surface area (Å²) in [5.41, 5.74) is 6.69. The lowest BCUT2D eigenvalue weighted by atomic mass is 10.0. The third-order valence-corrected chi connectivity index (χ3v) is 1.98. The number of hydrogen-bond acceptors (Lipinski definition) is 4. The lowest BCUT2D eigenvalue weighted by molar-refractivity contribution is 0.267. The molecule has 0 unspecified atom stereocenters. The number of nitrogens with two attached hydrogens (primary N) is 1. The second-order valence-corrected chi connectivity index (χ2v) is 2.85. The second-order valence-electron chi connectivity index (χ2n) is 2.85. The van der Waals surface area contributed by atoms with Gasteiger partial charge in [-0.3, -0.25) is 0 Å². The molecule has 0 saturated carbocycles. The molecule has 0 amide bonds. The largest absolute Gasteiger partial charge is 0.497 e. The van der Waals surface area contributed by atoms with Crippen LogP contribution in [0.3, 0.4) is 0 Å². The minimum absolute atomic E-state index is 0.180. The number of rotatable bonds is 3. The zero-order valence-corrected chi connectivity index (χ0v) is 7.90. The van der Waals surface area contributed by atoms with Crippen LogP contribution < -0.4 is 10.5 Å². The molecule has 0 aliphatic carbocycles. The Morgan fingerprint density at radius 1 is 1.64 bits per heavy atom. The van der Waals surface area contributed by atoms with Gasteiger partial charge in [-0.25, -0.2) is 0 Å². The predicted molar refractivity (Wildman–Crippen MR) is 51.7 cm³/mol. The smallest absolute Gasteiger partial charge is 0.120 e. The molecule has 0 radical (unpaired) electrons. The first-order valence-electron chi connectivity index (χ1n) is 4.17. The Labute approximate surface area is 82.5 Å². The van der Waals surface area contributed by atoms with E-state index in [1.165, 1.54) is 7.11 Å². The van der Waals surface area contributed by atoms with Gasteiger partial charge in [0.05, 0.1) is 31.4 Å². The van der Waals surface area contributed by atoms with Crippen LogP contribution in [0.2, 0.25) is 0 Å². The van der Waals surface area contributed by atoms with E-state index in [4.69, 9.17) is 20.8 Å². The first-order chi connectivity index (χ1) is 6.72. The molecule has 1 aromatic carbocycles. The molecule has 0 aromatic heterocycles. The molecule has 0 heterocycles. The average molecular weight is 192 g/mol. The van der Waals surface area contributed by atoms with Crippen molar-refractivity contribution in [1.29, 1.82) is 5.26 Å². The second kappa shape index (κ2) is 4.61. The highest BCUT2D eigenvalue weighted by molar-refractivity contribution is 5.44. The van der Waals surface area contributed by atoms with Crippen molar-refractivity contribution in [2.45, 2.75) is 6.04 Å². The summed E-state index contributed by atoms with van der Waals surface area (Å²) < 4.78 is 4.97. The van der Waals surface area contributed by atoms with Crippen LogP contribution in [-0.4, -0.2) is 18.8 Å². The third kappa shape index (κ3) is 2.02. The Morgan fingerprint density at radius 2 is 2.36 bits per heavy atom. The van der Waals surface area contributed by atoms with Crippen LogP contribution in [0.1, 0.15) is 17.2 Å².